The maximum Gasteiger partial charge on any atom is 0.314 e. The second-order valence-electron chi connectivity index (χ2n) is 5.41. The third-order valence-electron chi connectivity index (χ3n) is 3.87. The molecule has 1 saturated carbocycles. The Balaban J connectivity index is 2.04. The van der Waals surface area contributed by atoms with Gasteiger partial charge in [-0.25, -0.2) is 4.79 Å². The molecule has 20 heavy (non-hydrogen) atoms. The quantitative estimate of drug-likeness (QED) is 0.572. The molecule has 1 fully saturated rings. The van der Waals surface area contributed by atoms with Gasteiger partial charge < -0.3 is 15.7 Å². The van der Waals surface area contributed by atoms with Crippen molar-refractivity contribution in [1.29, 1.82) is 0 Å². The van der Waals surface area contributed by atoms with Gasteiger partial charge in [0.2, 0.25) is 0 Å². The Morgan fingerprint density at radius 1 is 1.15 bits per heavy atom. The molecule has 0 aromatic carbocycles. The summed E-state index contributed by atoms with van der Waals surface area (Å²) in [5.74, 6) is -0.755. The monoisotopic (exact) mass is 302 g/mol. The predicted molar refractivity (Wildman–Crippen MR) is 82.2 cm³/mol. The van der Waals surface area contributed by atoms with Crippen LogP contribution in [0.4, 0.5) is 4.79 Å². The average Bonchev–Trinajstić information content (AvgIpc) is 2.89. The molecule has 0 bridgehead atoms. The molecule has 0 radical (unpaired) electrons. The third-order valence-corrected chi connectivity index (χ3v) is 5.29. The number of hydrogen-bond donors (Lipinski definition) is 3. The van der Waals surface area contributed by atoms with E-state index in [-0.39, 0.29) is 17.2 Å². The minimum absolute atomic E-state index is 0.108. The topological polar surface area (TPSA) is 78.4 Å². The molecule has 1 aliphatic rings. The molecule has 0 saturated heterocycles. The maximum atomic E-state index is 11.7. The first-order valence-corrected chi connectivity index (χ1v) is 8.59. The van der Waals surface area contributed by atoms with Crippen LogP contribution in [0.15, 0.2) is 0 Å². The minimum atomic E-state index is -0.755. The van der Waals surface area contributed by atoms with E-state index in [1.54, 1.807) is 0 Å². The number of carbonyl (C=O) groups excluding carboxylic acids is 1. The number of carbonyl (C=O) groups is 2. The lowest BCUT2D eigenvalue weighted by Gasteiger charge is -2.26. The van der Waals surface area contributed by atoms with Crippen LogP contribution in [0.2, 0.25) is 0 Å². The molecule has 3 N–H and O–H groups in total. The number of thioether (sulfide) groups is 1. The smallest absolute Gasteiger partial charge is 0.314 e. The number of carboxylic acids is 1. The Morgan fingerprint density at radius 3 is 2.45 bits per heavy atom. The van der Waals surface area contributed by atoms with Gasteiger partial charge in [0.25, 0.3) is 0 Å². The van der Waals surface area contributed by atoms with E-state index in [0.717, 1.165) is 19.4 Å². The number of aliphatic carboxylic acids is 1. The number of carboxylic acid groups (broad SMARTS) is 1. The lowest BCUT2D eigenvalue weighted by molar-refractivity contribution is -0.137. The van der Waals surface area contributed by atoms with Gasteiger partial charge in [0.1, 0.15) is 0 Å². The molecule has 0 unspecified atom stereocenters. The zero-order valence-corrected chi connectivity index (χ0v) is 13.1. The fourth-order valence-corrected chi connectivity index (χ4v) is 3.47. The van der Waals surface area contributed by atoms with Gasteiger partial charge in [-0.2, -0.15) is 11.8 Å². The first-order chi connectivity index (χ1) is 9.58. The number of unbranched alkanes of at least 4 members (excludes halogenated alkanes) is 2. The lowest BCUT2D eigenvalue weighted by atomic mass is 10.1. The molecule has 5 nitrogen and oxygen atoms in total. The number of hydrogen-bond acceptors (Lipinski definition) is 3. The standard InChI is InChI=1S/C14H26N2O3S/c1-20-14(8-4-5-9-14)11-16-13(19)15-10-6-2-3-7-12(17)18/h2-11H2,1H3,(H,17,18)(H2,15,16,19). The number of amides is 2. The minimum Gasteiger partial charge on any atom is -0.481 e. The van der Waals surface area contributed by atoms with Gasteiger partial charge in [0, 0.05) is 24.3 Å². The summed E-state index contributed by atoms with van der Waals surface area (Å²) in [4.78, 5) is 22.0. The van der Waals surface area contributed by atoms with E-state index in [1.807, 2.05) is 11.8 Å². The van der Waals surface area contributed by atoms with Crippen LogP contribution in [0.25, 0.3) is 0 Å². The first-order valence-electron chi connectivity index (χ1n) is 7.37. The summed E-state index contributed by atoms with van der Waals surface area (Å²) < 4.78 is 0.235. The van der Waals surface area contributed by atoms with Crippen molar-refractivity contribution in [3.63, 3.8) is 0 Å². The highest BCUT2D eigenvalue weighted by Gasteiger charge is 2.33. The molecule has 2 amide bonds. The van der Waals surface area contributed by atoms with E-state index < -0.39 is 5.97 Å². The van der Waals surface area contributed by atoms with Gasteiger partial charge in [0.05, 0.1) is 0 Å². The van der Waals surface area contributed by atoms with E-state index in [0.29, 0.717) is 13.0 Å². The summed E-state index contributed by atoms with van der Waals surface area (Å²) in [7, 11) is 0. The van der Waals surface area contributed by atoms with Crippen molar-refractivity contribution in [3.05, 3.63) is 0 Å². The summed E-state index contributed by atoms with van der Waals surface area (Å²) in [6, 6.07) is -0.108. The fourth-order valence-electron chi connectivity index (χ4n) is 2.56. The molecule has 116 valence electrons. The summed E-state index contributed by atoms with van der Waals surface area (Å²) in [6.07, 6.45) is 9.55. The number of rotatable bonds is 9. The third kappa shape index (κ3) is 6.50. The van der Waals surface area contributed by atoms with E-state index in [9.17, 15) is 9.59 Å². The van der Waals surface area contributed by atoms with Crippen LogP contribution >= 0.6 is 11.8 Å². The van der Waals surface area contributed by atoms with Gasteiger partial charge in [-0.05, 0) is 31.9 Å². The maximum absolute atomic E-state index is 11.7. The average molecular weight is 302 g/mol. The molecular formula is C14H26N2O3S. The van der Waals surface area contributed by atoms with Gasteiger partial charge in [-0.15, -0.1) is 0 Å². The van der Waals surface area contributed by atoms with Crippen LogP contribution in [0.3, 0.4) is 0 Å². The summed E-state index contributed by atoms with van der Waals surface area (Å²) >= 11 is 1.86. The van der Waals surface area contributed by atoms with E-state index in [1.165, 1.54) is 25.7 Å². The van der Waals surface area contributed by atoms with Gasteiger partial charge in [-0.3, -0.25) is 4.79 Å². The zero-order valence-electron chi connectivity index (χ0n) is 12.2. The first kappa shape index (κ1) is 17.1. The molecular weight excluding hydrogens is 276 g/mol. The molecule has 0 heterocycles. The SMILES string of the molecule is CSC1(CNC(=O)NCCCCCC(=O)O)CCCC1. The van der Waals surface area contributed by atoms with E-state index in [2.05, 4.69) is 16.9 Å². The summed E-state index contributed by atoms with van der Waals surface area (Å²) in [6.45, 7) is 1.34. The highest BCUT2D eigenvalue weighted by molar-refractivity contribution is 8.00. The molecule has 6 heteroatoms. The van der Waals surface area contributed by atoms with Crippen LogP contribution in [-0.2, 0) is 4.79 Å². The van der Waals surface area contributed by atoms with Crippen LogP contribution in [-0.4, -0.2) is 41.2 Å². The van der Waals surface area contributed by atoms with Crippen LogP contribution < -0.4 is 10.6 Å². The Kier molecular flexibility index (Phi) is 7.80. The Morgan fingerprint density at radius 2 is 1.85 bits per heavy atom. The number of nitrogens with one attached hydrogen (secondary N) is 2. The van der Waals surface area contributed by atoms with E-state index >= 15 is 0 Å². The largest absolute Gasteiger partial charge is 0.481 e. The van der Waals surface area contributed by atoms with Crippen molar-refractivity contribution < 1.29 is 14.7 Å². The second-order valence-corrected chi connectivity index (χ2v) is 6.68. The summed E-state index contributed by atoms with van der Waals surface area (Å²) in [5.41, 5.74) is 0. The van der Waals surface area contributed by atoms with Crippen LogP contribution in [0.1, 0.15) is 51.4 Å². The Labute approximate surface area is 125 Å². The van der Waals surface area contributed by atoms with E-state index in [4.69, 9.17) is 5.11 Å². The normalized spacial score (nSPS) is 16.9. The molecule has 0 atom stereocenters. The summed E-state index contributed by atoms with van der Waals surface area (Å²) in [5, 5.41) is 14.3. The molecule has 0 spiro atoms. The van der Waals surface area contributed by atoms with Crippen molar-refractivity contribution in [2.24, 2.45) is 0 Å². The molecule has 1 aliphatic carbocycles. The van der Waals surface area contributed by atoms with Gasteiger partial charge in [0.15, 0.2) is 0 Å². The molecule has 0 aliphatic heterocycles. The van der Waals surface area contributed by atoms with Crippen molar-refractivity contribution in [2.45, 2.75) is 56.1 Å². The Bertz CT molecular complexity index is 318. The van der Waals surface area contributed by atoms with Crippen molar-refractivity contribution in [3.8, 4) is 0 Å². The van der Waals surface area contributed by atoms with Crippen molar-refractivity contribution in [1.82, 2.24) is 10.6 Å². The van der Waals surface area contributed by atoms with Crippen LogP contribution in [0, 0.1) is 0 Å². The Hall–Kier alpha value is -0.910. The molecule has 0 aromatic rings. The fraction of sp³-hybridized carbons (Fsp3) is 0.857. The van der Waals surface area contributed by atoms with Crippen molar-refractivity contribution in [2.75, 3.05) is 19.3 Å². The van der Waals surface area contributed by atoms with Crippen molar-refractivity contribution >= 4 is 23.8 Å². The van der Waals surface area contributed by atoms with Gasteiger partial charge in [-0.1, -0.05) is 19.3 Å². The van der Waals surface area contributed by atoms with Gasteiger partial charge >= 0.3 is 12.0 Å². The molecule has 0 aromatic heterocycles. The highest BCUT2D eigenvalue weighted by Crippen LogP contribution is 2.39. The highest BCUT2D eigenvalue weighted by atomic mass is 32.2. The second kappa shape index (κ2) is 9.10. The molecule has 1 rings (SSSR count). The predicted octanol–water partition coefficient (Wildman–Crippen LogP) is 2.61. The van der Waals surface area contributed by atoms with Crippen LogP contribution in [0.5, 0.6) is 0 Å². The number of urea groups is 1. The zero-order chi connectivity index (χ0) is 14.8. The lowest BCUT2D eigenvalue weighted by Crippen LogP contribution is -2.43.